The largest absolute Gasteiger partial charge is 0.481 e. The van der Waals surface area contributed by atoms with Gasteiger partial charge in [-0.05, 0) is 55.0 Å². The molecule has 194 valence electrons. The van der Waals surface area contributed by atoms with Crippen LogP contribution in [0.15, 0.2) is 42.6 Å². The maximum absolute atomic E-state index is 13.6. The highest BCUT2D eigenvalue weighted by Crippen LogP contribution is 2.47. The van der Waals surface area contributed by atoms with Gasteiger partial charge >= 0.3 is 0 Å². The number of piperidine rings is 1. The number of hydrogen-bond donors (Lipinski definition) is 2. The summed E-state index contributed by atoms with van der Waals surface area (Å²) in [6.07, 6.45) is 4.17. The number of rotatable bonds is 6. The average Bonchev–Trinajstić information content (AvgIpc) is 3.29. The van der Waals surface area contributed by atoms with Crippen molar-refractivity contribution < 1.29 is 9.13 Å². The van der Waals surface area contributed by atoms with E-state index < -0.39 is 0 Å². The second-order valence-corrected chi connectivity index (χ2v) is 11.0. The average molecular weight is 504 g/mol. The van der Waals surface area contributed by atoms with E-state index in [2.05, 4.69) is 45.3 Å². The van der Waals surface area contributed by atoms with Gasteiger partial charge in [-0.1, -0.05) is 13.8 Å². The van der Waals surface area contributed by atoms with Crippen LogP contribution in [0.1, 0.15) is 32.3 Å². The molecule has 0 radical (unpaired) electrons. The fraction of sp³-hybridized carbons (Fsp3) is 0.464. The fourth-order valence-electron chi connectivity index (χ4n) is 6.42. The van der Waals surface area contributed by atoms with Gasteiger partial charge in [-0.15, -0.1) is 0 Å². The van der Waals surface area contributed by atoms with E-state index >= 15 is 0 Å². The van der Waals surface area contributed by atoms with Gasteiger partial charge in [-0.3, -0.25) is 0 Å². The molecule has 37 heavy (non-hydrogen) atoms. The predicted octanol–water partition coefficient (Wildman–Crippen LogP) is 4.82. The van der Waals surface area contributed by atoms with Gasteiger partial charge in [-0.25, -0.2) is 9.37 Å². The first-order valence-corrected chi connectivity index (χ1v) is 13.0. The van der Waals surface area contributed by atoms with E-state index in [1.54, 1.807) is 7.11 Å². The molecular formula is C28H34FN7O. The Hall–Kier alpha value is -3.62. The number of methoxy groups -OCH3 is 1. The first-order valence-electron chi connectivity index (χ1n) is 13.0. The Labute approximate surface area is 217 Å². The number of ether oxygens (including phenoxy) is 1. The quantitative estimate of drug-likeness (QED) is 0.496. The maximum atomic E-state index is 13.6. The zero-order valence-corrected chi connectivity index (χ0v) is 21.8. The molecule has 3 aromatic rings. The maximum Gasteiger partial charge on any atom is 0.226 e. The molecule has 8 nitrogen and oxygen atoms in total. The molecule has 0 spiro atoms. The normalized spacial score (nSPS) is 23.6. The first-order chi connectivity index (χ1) is 17.9. The number of pyridine rings is 1. The van der Waals surface area contributed by atoms with Gasteiger partial charge in [0, 0.05) is 67.3 Å². The minimum absolute atomic E-state index is 0.156. The topological polar surface area (TPSA) is 78.4 Å². The number of nitrogens with one attached hydrogen (secondary N) is 2. The molecule has 2 fully saturated rings. The van der Waals surface area contributed by atoms with E-state index in [0.717, 1.165) is 48.2 Å². The van der Waals surface area contributed by atoms with Crippen molar-refractivity contribution in [2.45, 2.75) is 38.1 Å². The molecule has 1 saturated heterocycles. The summed E-state index contributed by atoms with van der Waals surface area (Å²) in [7, 11) is 3.56. The molecule has 6 rings (SSSR count). The third-order valence-corrected chi connectivity index (χ3v) is 8.17. The van der Waals surface area contributed by atoms with Crippen LogP contribution in [-0.2, 0) is 5.41 Å². The van der Waals surface area contributed by atoms with Crippen molar-refractivity contribution in [3.05, 3.63) is 54.0 Å². The Morgan fingerprint density at radius 3 is 2.43 bits per heavy atom. The Kier molecular flexibility index (Phi) is 5.81. The monoisotopic (exact) mass is 503 g/mol. The Balaban J connectivity index is 1.28. The highest BCUT2D eigenvalue weighted by atomic mass is 19.1. The molecule has 2 N–H and O–H groups in total. The van der Waals surface area contributed by atoms with Crippen molar-refractivity contribution in [2.24, 2.45) is 11.8 Å². The molecule has 3 aliphatic rings. The second-order valence-electron chi connectivity index (χ2n) is 11.0. The molecular weight excluding hydrogens is 469 g/mol. The van der Waals surface area contributed by atoms with Crippen molar-refractivity contribution in [2.75, 3.05) is 54.2 Å². The highest BCUT2D eigenvalue weighted by molar-refractivity contribution is 5.75. The summed E-state index contributed by atoms with van der Waals surface area (Å²) in [4.78, 5) is 18.9. The number of nitrogens with zero attached hydrogens (tertiary/aromatic N) is 5. The van der Waals surface area contributed by atoms with Crippen LogP contribution in [-0.4, -0.2) is 54.8 Å². The van der Waals surface area contributed by atoms with Crippen molar-refractivity contribution in [3.63, 3.8) is 0 Å². The lowest BCUT2D eigenvalue weighted by atomic mass is 9.88. The summed E-state index contributed by atoms with van der Waals surface area (Å²) in [5.41, 5.74) is 3.03. The smallest absolute Gasteiger partial charge is 0.226 e. The molecule has 0 unspecified atom stereocenters. The van der Waals surface area contributed by atoms with Gasteiger partial charge in [0.2, 0.25) is 11.8 Å². The number of benzene rings is 1. The minimum atomic E-state index is -0.240. The fourth-order valence-corrected chi connectivity index (χ4v) is 6.42. The highest BCUT2D eigenvalue weighted by Gasteiger charge is 2.44. The number of aromatic nitrogens is 3. The number of hydrogen-bond acceptors (Lipinski definition) is 8. The summed E-state index contributed by atoms with van der Waals surface area (Å²) in [5.74, 6) is 3.77. The minimum Gasteiger partial charge on any atom is -0.481 e. The van der Waals surface area contributed by atoms with Crippen molar-refractivity contribution in [1.82, 2.24) is 15.0 Å². The SMILES string of the molecule is CNc1nc(N[C@@H]2[C@@H]3CC[C@H]2CN(c2ccnc(OC)c2)C3)nc2c1C(C)(C)CN2c1ccc(F)cc1. The van der Waals surface area contributed by atoms with Crippen LogP contribution < -0.4 is 25.2 Å². The summed E-state index contributed by atoms with van der Waals surface area (Å²) in [6.45, 7) is 7.10. The first kappa shape index (κ1) is 23.8. The molecule has 4 heterocycles. The van der Waals surface area contributed by atoms with E-state index in [1.165, 1.54) is 25.0 Å². The summed E-state index contributed by atoms with van der Waals surface area (Å²) in [6, 6.07) is 11.0. The van der Waals surface area contributed by atoms with Gasteiger partial charge in [0.15, 0.2) is 0 Å². The molecule has 0 amide bonds. The molecule has 2 bridgehead atoms. The van der Waals surface area contributed by atoms with Gasteiger partial charge in [0.25, 0.3) is 0 Å². The summed E-state index contributed by atoms with van der Waals surface area (Å²) < 4.78 is 19.0. The zero-order valence-electron chi connectivity index (χ0n) is 21.8. The van der Waals surface area contributed by atoms with Gasteiger partial charge in [0.1, 0.15) is 17.5 Å². The van der Waals surface area contributed by atoms with Crippen LogP contribution >= 0.6 is 0 Å². The second kappa shape index (κ2) is 9.04. The van der Waals surface area contributed by atoms with E-state index in [9.17, 15) is 4.39 Å². The Bertz CT molecular complexity index is 1280. The molecule has 3 atom stereocenters. The molecule has 2 aliphatic heterocycles. The predicted molar refractivity (Wildman–Crippen MR) is 145 cm³/mol. The Morgan fingerprint density at radius 1 is 1.03 bits per heavy atom. The lowest BCUT2D eigenvalue weighted by Gasteiger charge is -2.39. The lowest BCUT2D eigenvalue weighted by Crippen LogP contribution is -2.48. The molecule has 9 heteroatoms. The van der Waals surface area contributed by atoms with Crippen LogP contribution in [0, 0.1) is 17.7 Å². The standard InChI is InChI=1S/C28H34FN7O/c1-28(2)16-36(20-9-7-19(29)8-10-20)26-23(28)25(30-3)33-27(34-26)32-24-17-5-6-18(24)15-35(14-17)21-11-12-31-22(13-21)37-4/h7-13,17-18,24H,5-6,14-16H2,1-4H3,(H2,30,32,33,34)/t17-,18+,24-. The summed E-state index contributed by atoms with van der Waals surface area (Å²) in [5, 5.41) is 7.05. The van der Waals surface area contributed by atoms with E-state index in [-0.39, 0.29) is 11.2 Å². The molecule has 1 saturated carbocycles. The number of fused-ring (bicyclic) bond motifs is 3. The van der Waals surface area contributed by atoms with Gasteiger partial charge in [0.05, 0.1) is 7.11 Å². The molecule has 1 aliphatic carbocycles. The van der Waals surface area contributed by atoms with Crippen LogP contribution in [0.4, 0.5) is 33.3 Å². The number of halogens is 1. The van der Waals surface area contributed by atoms with Gasteiger partial charge < -0.3 is 25.2 Å². The van der Waals surface area contributed by atoms with Crippen LogP contribution in [0.2, 0.25) is 0 Å². The van der Waals surface area contributed by atoms with Crippen molar-refractivity contribution in [3.8, 4) is 5.88 Å². The number of anilines is 5. The van der Waals surface area contributed by atoms with Crippen molar-refractivity contribution in [1.29, 1.82) is 0 Å². The van der Waals surface area contributed by atoms with Crippen LogP contribution in [0.3, 0.4) is 0 Å². The van der Waals surface area contributed by atoms with Crippen molar-refractivity contribution >= 4 is 29.0 Å². The van der Waals surface area contributed by atoms with E-state index in [0.29, 0.717) is 29.7 Å². The van der Waals surface area contributed by atoms with E-state index in [1.807, 2.05) is 31.4 Å². The van der Waals surface area contributed by atoms with Crippen LogP contribution in [0.5, 0.6) is 5.88 Å². The van der Waals surface area contributed by atoms with Gasteiger partial charge in [-0.2, -0.15) is 9.97 Å². The zero-order chi connectivity index (χ0) is 25.7. The third kappa shape index (κ3) is 4.20. The third-order valence-electron chi connectivity index (χ3n) is 8.17. The lowest BCUT2D eigenvalue weighted by molar-refractivity contribution is 0.374. The van der Waals surface area contributed by atoms with Crippen LogP contribution in [0.25, 0.3) is 0 Å². The molecule has 2 aromatic heterocycles. The Morgan fingerprint density at radius 2 is 1.76 bits per heavy atom. The molecule has 1 aromatic carbocycles. The summed E-state index contributed by atoms with van der Waals surface area (Å²) >= 11 is 0. The van der Waals surface area contributed by atoms with E-state index in [4.69, 9.17) is 14.7 Å².